The van der Waals surface area contributed by atoms with Crippen molar-refractivity contribution in [3.8, 4) is 22.6 Å². The molecule has 0 atom stereocenters. The molecule has 1 heterocycles. The van der Waals surface area contributed by atoms with Crippen LogP contribution in [0.4, 0.5) is 18.9 Å². The lowest BCUT2D eigenvalue weighted by Gasteiger charge is -2.24. The average Bonchev–Trinajstić information content (AvgIpc) is 3.30. The Kier molecular flexibility index (Phi) is 8.34. The molecule has 4 aromatic carbocycles. The van der Waals surface area contributed by atoms with E-state index in [4.69, 9.17) is 9.47 Å². The summed E-state index contributed by atoms with van der Waals surface area (Å²) in [6.07, 6.45) is -3.26. The lowest BCUT2D eigenvalue weighted by atomic mass is 9.89. The second kappa shape index (κ2) is 12.1. The van der Waals surface area contributed by atoms with Crippen molar-refractivity contribution in [2.45, 2.75) is 52.5 Å². The fourth-order valence-corrected chi connectivity index (χ4v) is 5.34. The Labute approximate surface area is 238 Å². The molecule has 1 aliphatic rings. The number of anilines is 1. The summed E-state index contributed by atoms with van der Waals surface area (Å²) in [6, 6.07) is 25.0. The molecule has 7 heteroatoms. The maximum absolute atomic E-state index is 14.7. The number of nitrogens with zero attached hydrogens (tertiary/aromatic N) is 1. The number of alkyl halides is 3. The third-order valence-electron chi connectivity index (χ3n) is 7.22. The van der Waals surface area contributed by atoms with Crippen LogP contribution in [0.25, 0.3) is 11.1 Å². The number of likely N-dealkylation sites (N-methyl/N-ethyl adjacent to an activating group) is 1. The van der Waals surface area contributed by atoms with Gasteiger partial charge in [0.2, 0.25) is 5.91 Å². The highest BCUT2D eigenvalue weighted by molar-refractivity contribution is 6.05. The Bertz CT molecular complexity index is 1450. The van der Waals surface area contributed by atoms with E-state index in [1.165, 1.54) is 11.0 Å². The highest BCUT2D eigenvalue weighted by Crippen LogP contribution is 2.51. The van der Waals surface area contributed by atoms with Crippen LogP contribution in [0.15, 0.2) is 84.9 Å². The predicted molar refractivity (Wildman–Crippen MR) is 154 cm³/mol. The topological polar surface area (TPSA) is 38.8 Å². The third-order valence-corrected chi connectivity index (χ3v) is 7.22. The van der Waals surface area contributed by atoms with Gasteiger partial charge in [-0.15, -0.1) is 0 Å². The van der Waals surface area contributed by atoms with Crippen molar-refractivity contribution in [3.63, 3.8) is 0 Å². The number of benzene rings is 4. The van der Waals surface area contributed by atoms with Crippen molar-refractivity contribution in [2.24, 2.45) is 0 Å². The van der Waals surface area contributed by atoms with Crippen LogP contribution in [0.1, 0.15) is 48.1 Å². The SMILES string of the molecule is CCCc1cc(OCc2ccccc2)c(-c2c(C(F)(F)F)ccc3c2CC(=O)N3CC)c(OCc2ccccc2)c1. The van der Waals surface area contributed by atoms with Crippen LogP contribution in [0.5, 0.6) is 11.5 Å². The van der Waals surface area contributed by atoms with E-state index in [2.05, 4.69) is 0 Å². The zero-order chi connectivity index (χ0) is 29.0. The third kappa shape index (κ3) is 6.09. The van der Waals surface area contributed by atoms with Gasteiger partial charge >= 0.3 is 6.18 Å². The van der Waals surface area contributed by atoms with Gasteiger partial charge in [-0.1, -0.05) is 74.0 Å². The van der Waals surface area contributed by atoms with Crippen molar-refractivity contribution in [3.05, 3.63) is 113 Å². The minimum Gasteiger partial charge on any atom is -0.488 e. The lowest BCUT2D eigenvalue weighted by molar-refractivity contribution is -0.137. The number of carbonyl (C=O) groups is 1. The van der Waals surface area contributed by atoms with Crippen LogP contribution in [-0.2, 0) is 37.0 Å². The number of amides is 1. The number of hydrogen-bond acceptors (Lipinski definition) is 3. The Balaban J connectivity index is 1.74. The second-order valence-electron chi connectivity index (χ2n) is 10.1. The number of rotatable bonds is 10. The summed E-state index contributed by atoms with van der Waals surface area (Å²) in [5.41, 5.74) is 2.82. The van der Waals surface area contributed by atoms with E-state index in [-0.39, 0.29) is 36.7 Å². The molecule has 4 nitrogen and oxygen atoms in total. The zero-order valence-corrected chi connectivity index (χ0v) is 23.1. The number of aryl methyl sites for hydroxylation is 1. The van der Waals surface area contributed by atoms with E-state index in [0.29, 0.717) is 35.7 Å². The van der Waals surface area contributed by atoms with Crippen molar-refractivity contribution < 1.29 is 27.4 Å². The van der Waals surface area contributed by atoms with E-state index in [1.54, 1.807) is 0 Å². The summed E-state index contributed by atoms with van der Waals surface area (Å²) in [7, 11) is 0. The van der Waals surface area contributed by atoms with Crippen LogP contribution in [0, 0.1) is 0 Å². The lowest BCUT2D eigenvalue weighted by Crippen LogP contribution is -2.25. The molecule has 0 fully saturated rings. The first-order valence-corrected chi connectivity index (χ1v) is 13.8. The summed E-state index contributed by atoms with van der Waals surface area (Å²) >= 11 is 0. The van der Waals surface area contributed by atoms with Crippen LogP contribution >= 0.6 is 0 Å². The molecular weight excluding hydrogens is 527 g/mol. The molecule has 0 N–H and O–H groups in total. The van der Waals surface area contributed by atoms with E-state index >= 15 is 0 Å². The molecular formula is C34H32F3NO3. The highest BCUT2D eigenvalue weighted by atomic mass is 19.4. The van der Waals surface area contributed by atoms with Gasteiger partial charge in [-0.3, -0.25) is 4.79 Å². The van der Waals surface area contributed by atoms with Crippen molar-refractivity contribution in [1.82, 2.24) is 0 Å². The summed E-state index contributed by atoms with van der Waals surface area (Å²) in [4.78, 5) is 14.4. The van der Waals surface area contributed by atoms with E-state index in [9.17, 15) is 18.0 Å². The number of ether oxygens (including phenoxy) is 2. The van der Waals surface area contributed by atoms with Crippen molar-refractivity contribution in [1.29, 1.82) is 0 Å². The van der Waals surface area contributed by atoms with Crippen LogP contribution in [0.2, 0.25) is 0 Å². The zero-order valence-electron chi connectivity index (χ0n) is 23.1. The van der Waals surface area contributed by atoms with Crippen molar-refractivity contribution >= 4 is 11.6 Å². The first-order chi connectivity index (χ1) is 19.8. The quantitative estimate of drug-likeness (QED) is 0.196. The Morgan fingerprint density at radius 2 is 1.32 bits per heavy atom. The first-order valence-electron chi connectivity index (χ1n) is 13.8. The molecule has 0 radical (unpaired) electrons. The summed E-state index contributed by atoms with van der Waals surface area (Å²) in [6.45, 7) is 4.54. The molecule has 0 saturated carbocycles. The molecule has 5 rings (SSSR count). The van der Waals surface area contributed by atoms with Gasteiger partial charge in [-0.2, -0.15) is 13.2 Å². The summed E-state index contributed by atoms with van der Waals surface area (Å²) in [5, 5.41) is 0. The molecule has 41 heavy (non-hydrogen) atoms. The first kappa shape index (κ1) is 28.3. The molecule has 0 spiro atoms. The summed E-state index contributed by atoms with van der Waals surface area (Å²) < 4.78 is 56.6. The second-order valence-corrected chi connectivity index (χ2v) is 10.1. The predicted octanol–water partition coefficient (Wildman–Crippen LogP) is 8.39. The van der Waals surface area contributed by atoms with Gasteiger partial charge in [0.1, 0.15) is 24.7 Å². The number of halogens is 3. The molecule has 0 aliphatic carbocycles. The number of carbonyl (C=O) groups excluding carboxylic acids is 1. The number of fused-ring (bicyclic) bond motifs is 1. The van der Waals surface area contributed by atoms with Gasteiger partial charge in [0.25, 0.3) is 0 Å². The maximum atomic E-state index is 14.7. The minimum absolute atomic E-state index is 0.0616. The largest absolute Gasteiger partial charge is 0.488 e. The average molecular weight is 560 g/mol. The van der Waals surface area contributed by atoms with Crippen LogP contribution in [-0.4, -0.2) is 12.5 Å². The Morgan fingerprint density at radius 1 is 0.756 bits per heavy atom. The molecule has 1 amide bonds. The molecule has 0 saturated heterocycles. The standard InChI is InChI=1S/C34H32F3NO3/c1-3-11-25-18-29(40-21-23-12-7-5-8-13-23)33(30(19-25)41-22-24-14-9-6-10-15-24)32-26-20-31(39)38(4-2)28(26)17-16-27(32)34(35,36)37/h5-10,12-19H,3-4,11,20-22H2,1-2H3. The molecule has 1 aliphatic heterocycles. The molecule has 0 bridgehead atoms. The molecule has 4 aromatic rings. The Hall–Kier alpha value is -4.26. The molecule has 0 unspecified atom stereocenters. The van der Waals surface area contributed by atoms with E-state index in [0.717, 1.165) is 29.2 Å². The Morgan fingerprint density at radius 3 is 1.80 bits per heavy atom. The summed E-state index contributed by atoms with van der Waals surface area (Å²) in [5.74, 6) is 0.359. The van der Waals surface area contributed by atoms with Crippen molar-refractivity contribution in [2.75, 3.05) is 11.4 Å². The smallest absolute Gasteiger partial charge is 0.417 e. The van der Waals surface area contributed by atoms with E-state index in [1.807, 2.05) is 86.6 Å². The monoisotopic (exact) mass is 559 g/mol. The van der Waals surface area contributed by atoms with Crippen LogP contribution < -0.4 is 14.4 Å². The van der Waals surface area contributed by atoms with Gasteiger partial charge < -0.3 is 14.4 Å². The fourth-order valence-electron chi connectivity index (χ4n) is 5.34. The van der Waals surface area contributed by atoms with E-state index < -0.39 is 11.7 Å². The normalized spacial score (nSPS) is 12.9. The number of hydrogen-bond donors (Lipinski definition) is 0. The van der Waals surface area contributed by atoms with Gasteiger partial charge in [0.05, 0.1) is 17.5 Å². The minimum atomic E-state index is -4.66. The van der Waals surface area contributed by atoms with Gasteiger partial charge in [0, 0.05) is 17.8 Å². The van der Waals surface area contributed by atoms with Crippen LogP contribution in [0.3, 0.4) is 0 Å². The molecule has 212 valence electrons. The maximum Gasteiger partial charge on any atom is 0.417 e. The van der Waals surface area contributed by atoms with Gasteiger partial charge in [-0.05, 0) is 59.9 Å². The van der Waals surface area contributed by atoms with Gasteiger partial charge in [-0.25, -0.2) is 0 Å². The fraction of sp³-hybridized carbons (Fsp3) is 0.265. The molecule has 0 aromatic heterocycles. The van der Waals surface area contributed by atoms with Gasteiger partial charge in [0.15, 0.2) is 0 Å². The highest BCUT2D eigenvalue weighted by Gasteiger charge is 2.40.